The number of piperidine rings is 1. The Kier molecular flexibility index (Phi) is 9.53. The molecule has 2 aromatic carbocycles. The summed E-state index contributed by atoms with van der Waals surface area (Å²) < 4.78 is 23.7. The van der Waals surface area contributed by atoms with Crippen LogP contribution in [0.4, 0.5) is 4.39 Å². The van der Waals surface area contributed by atoms with Crippen LogP contribution in [0.1, 0.15) is 34.3 Å². The van der Waals surface area contributed by atoms with Crippen molar-refractivity contribution in [3.8, 4) is 11.8 Å². The van der Waals surface area contributed by atoms with Crippen molar-refractivity contribution in [1.29, 1.82) is 5.26 Å². The molecule has 0 saturated carbocycles. The summed E-state index contributed by atoms with van der Waals surface area (Å²) in [7, 11) is 3.12. The van der Waals surface area contributed by atoms with Crippen molar-refractivity contribution in [2.75, 3.05) is 40.5 Å². The summed E-state index contributed by atoms with van der Waals surface area (Å²) in [5.74, 6) is -0.105. The number of ketones is 1. The fourth-order valence-electron chi connectivity index (χ4n) is 4.23. The van der Waals surface area contributed by atoms with Crippen LogP contribution in [-0.4, -0.2) is 63.1 Å². The lowest BCUT2D eigenvalue weighted by Gasteiger charge is -2.33. The van der Waals surface area contributed by atoms with E-state index in [9.17, 15) is 14.0 Å². The first kappa shape index (κ1) is 26.1. The van der Waals surface area contributed by atoms with Crippen molar-refractivity contribution in [2.45, 2.75) is 18.9 Å². The third-order valence-electron chi connectivity index (χ3n) is 6.05. The fraction of sp³-hybridized carbons (Fsp3) is 0.370. The summed E-state index contributed by atoms with van der Waals surface area (Å²) in [4.78, 5) is 27.5. The van der Waals surface area contributed by atoms with Crippen molar-refractivity contribution in [2.24, 2.45) is 5.92 Å². The molecular weight excluding hydrogens is 449 g/mol. The fourth-order valence-corrected chi connectivity index (χ4v) is 4.23. The number of ether oxygens (including phenoxy) is 2. The van der Waals surface area contributed by atoms with Crippen molar-refractivity contribution in [1.82, 2.24) is 10.2 Å². The van der Waals surface area contributed by atoms with Crippen molar-refractivity contribution >= 4 is 17.8 Å². The molecule has 1 saturated heterocycles. The summed E-state index contributed by atoms with van der Waals surface area (Å²) in [5, 5.41) is 12.1. The van der Waals surface area contributed by atoms with Gasteiger partial charge in [0.25, 0.3) is 0 Å². The van der Waals surface area contributed by atoms with Crippen LogP contribution in [0.3, 0.4) is 0 Å². The smallest absolute Gasteiger partial charge is 0.244 e. The van der Waals surface area contributed by atoms with E-state index in [1.165, 1.54) is 37.5 Å². The van der Waals surface area contributed by atoms with E-state index < -0.39 is 0 Å². The molecule has 2 aromatic rings. The zero-order valence-electron chi connectivity index (χ0n) is 20.0. The minimum absolute atomic E-state index is 0.0485. The van der Waals surface area contributed by atoms with E-state index in [1.807, 2.05) is 0 Å². The number of benzene rings is 2. The lowest BCUT2D eigenvalue weighted by molar-refractivity contribution is -0.117. The van der Waals surface area contributed by atoms with Gasteiger partial charge < -0.3 is 19.7 Å². The van der Waals surface area contributed by atoms with E-state index in [0.29, 0.717) is 48.4 Å². The van der Waals surface area contributed by atoms with Gasteiger partial charge >= 0.3 is 0 Å². The lowest BCUT2D eigenvalue weighted by atomic mass is 9.89. The molecule has 7 nitrogen and oxygen atoms in total. The summed E-state index contributed by atoms with van der Waals surface area (Å²) in [5.41, 5.74) is 1.65. The van der Waals surface area contributed by atoms with Crippen LogP contribution in [0, 0.1) is 23.1 Å². The zero-order valence-corrected chi connectivity index (χ0v) is 20.0. The summed E-state index contributed by atoms with van der Waals surface area (Å²) in [6, 6.07) is 12.5. The number of Topliss-reactive ketones (excluding diaryl/α,β-unsaturated/α-hetero) is 1. The molecule has 1 aliphatic heterocycles. The highest BCUT2D eigenvalue weighted by Crippen LogP contribution is 2.23. The normalized spacial score (nSPS) is 15.5. The van der Waals surface area contributed by atoms with Crippen LogP contribution in [0.5, 0.6) is 5.75 Å². The Bertz CT molecular complexity index is 1090. The second-order valence-electron chi connectivity index (χ2n) is 8.51. The number of amides is 1. The van der Waals surface area contributed by atoms with Gasteiger partial charge in [-0.3, -0.25) is 9.59 Å². The standard InChI is InChI=1S/C27H30FN3O4/c1-34-18-24(30-26(32)10-6-22-15-19(16-29)3-9-25(22)35-2)17-31-13-11-21(12-14-31)27(33)20-4-7-23(28)8-5-20/h3-10,15,21,24H,11-14,17-18H2,1-2H3,(H,30,32)/b10-6+. The Hall–Kier alpha value is -3.54. The lowest BCUT2D eigenvalue weighted by Crippen LogP contribution is -2.48. The van der Waals surface area contributed by atoms with Crippen molar-refractivity contribution < 1.29 is 23.5 Å². The number of carbonyl (C=O) groups is 2. The Labute approximate surface area is 205 Å². The molecule has 0 aromatic heterocycles. The largest absolute Gasteiger partial charge is 0.496 e. The van der Waals surface area contributed by atoms with E-state index in [4.69, 9.17) is 14.7 Å². The molecule has 3 rings (SSSR count). The van der Waals surface area contributed by atoms with Gasteiger partial charge in [-0.2, -0.15) is 5.26 Å². The number of hydrogen-bond donors (Lipinski definition) is 1. The zero-order chi connectivity index (χ0) is 25.2. The topological polar surface area (TPSA) is 91.7 Å². The molecular formula is C27H30FN3O4. The number of nitriles is 1. The predicted molar refractivity (Wildman–Crippen MR) is 130 cm³/mol. The number of carbonyl (C=O) groups excluding carboxylic acids is 2. The molecule has 1 heterocycles. The average Bonchev–Trinajstić information content (AvgIpc) is 2.88. The number of rotatable bonds is 10. The SMILES string of the molecule is COCC(CN1CCC(C(=O)c2ccc(F)cc2)CC1)NC(=O)/C=C/c1cc(C#N)ccc1OC. The number of nitrogens with zero attached hydrogens (tertiary/aromatic N) is 2. The highest BCUT2D eigenvalue weighted by molar-refractivity contribution is 5.97. The molecule has 1 N–H and O–H groups in total. The van der Waals surface area contributed by atoms with E-state index in [1.54, 1.807) is 31.4 Å². The molecule has 184 valence electrons. The molecule has 0 radical (unpaired) electrons. The number of methoxy groups -OCH3 is 2. The summed E-state index contributed by atoms with van der Waals surface area (Å²) in [6.45, 7) is 2.39. The maximum absolute atomic E-state index is 13.1. The number of nitrogens with one attached hydrogen (secondary N) is 1. The van der Waals surface area contributed by atoms with Gasteiger partial charge in [0.2, 0.25) is 5.91 Å². The van der Waals surface area contributed by atoms with Gasteiger partial charge in [-0.05, 0) is 74.5 Å². The van der Waals surface area contributed by atoms with Crippen LogP contribution < -0.4 is 10.1 Å². The number of likely N-dealkylation sites (tertiary alicyclic amines) is 1. The van der Waals surface area contributed by atoms with Crippen LogP contribution in [0.25, 0.3) is 6.08 Å². The molecule has 8 heteroatoms. The van der Waals surface area contributed by atoms with Crippen LogP contribution >= 0.6 is 0 Å². The second-order valence-corrected chi connectivity index (χ2v) is 8.51. The Balaban J connectivity index is 1.54. The van der Waals surface area contributed by atoms with E-state index >= 15 is 0 Å². The molecule has 1 aliphatic rings. The monoisotopic (exact) mass is 479 g/mol. The minimum atomic E-state index is -0.354. The van der Waals surface area contributed by atoms with E-state index in [-0.39, 0.29) is 29.5 Å². The van der Waals surface area contributed by atoms with Crippen LogP contribution in [-0.2, 0) is 9.53 Å². The third kappa shape index (κ3) is 7.47. The van der Waals surface area contributed by atoms with Gasteiger partial charge in [0, 0.05) is 36.8 Å². The average molecular weight is 480 g/mol. The Morgan fingerprint density at radius 1 is 1.20 bits per heavy atom. The Morgan fingerprint density at radius 3 is 2.54 bits per heavy atom. The van der Waals surface area contributed by atoms with Crippen molar-refractivity contribution in [3.05, 3.63) is 71.0 Å². The van der Waals surface area contributed by atoms with E-state index in [2.05, 4.69) is 16.3 Å². The molecule has 35 heavy (non-hydrogen) atoms. The molecule has 0 spiro atoms. The summed E-state index contributed by atoms with van der Waals surface area (Å²) >= 11 is 0. The highest BCUT2D eigenvalue weighted by Gasteiger charge is 2.27. The minimum Gasteiger partial charge on any atom is -0.496 e. The maximum atomic E-state index is 13.1. The molecule has 1 amide bonds. The molecule has 1 fully saturated rings. The van der Waals surface area contributed by atoms with Gasteiger partial charge in [-0.25, -0.2) is 4.39 Å². The molecule has 0 bridgehead atoms. The first-order valence-electron chi connectivity index (χ1n) is 11.5. The molecule has 0 aliphatic carbocycles. The predicted octanol–water partition coefficient (Wildman–Crippen LogP) is 3.45. The highest BCUT2D eigenvalue weighted by atomic mass is 19.1. The molecule has 1 unspecified atom stereocenters. The van der Waals surface area contributed by atoms with Gasteiger partial charge in [0.05, 0.1) is 31.4 Å². The second kappa shape index (κ2) is 12.8. The van der Waals surface area contributed by atoms with E-state index in [0.717, 1.165) is 13.1 Å². The first-order chi connectivity index (χ1) is 16.9. The van der Waals surface area contributed by atoms with Gasteiger partial charge in [-0.1, -0.05) is 0 Å². The van der Waals surface area contributed by atoms with Crippen LogP contribution in [0.2, 0.25) is 0 Å². The quantitative estimate of drug-likeness (QED) is 0.415. The Morgan fingerprint density at radius 2 is 1.91 bits per heavy atom. The van der Waals surface area contributed by atoms with Gasteiger partial charge in [0.15, 0.2) is 5.78 Å². The molecule has 1 atom stereocenters. The summed E-state index contributed by atoms with van der Waals surface area (Å²) in [6.07, 6.45) is 4.44. The van der Waals surface area contributed by atoms with Crippen molar-refractivity contribution in [3.63, 3.8) is 0 Å². The van der Waals surface area contributed by atoms with Gasteiger partial charge in [-0.15, -0.1) is 0 Å². The number of hydrogen-bond acceptors (Lipinski definition) is 6. The first-order valence-corrected chi connectivity index (χ1v) is 11.5. The maximum Gasteiger partial charge on any atom is 0.244 e. The third-order valence-corrected chi connectivity index (χ3v) is 6.05. The van der Waals surface area contributed by atoms with Crippen LogP contribution in [0.15, 0.2) is 48.5 Å². The van der Waals surface area contributed by atoms with Gasteiger partial charge in [0.1, 0.15) is 11.6 Å². The number of halogens is 1.